The molecule has 1 aromatic carbocycles. The lowest BCUT2D eigenvalue weighted by molar-refractivity contribution is 0.102. The van der Waals surface area contributed by atoms with Gasteiger partial charge in [0, 0.05) is 22.1 Å². The number of benzene rings is 1. The molecule has 3 aromatic rings. The van der Waals surface area contributed by atoms with E-state index in [1.807, 2.05) is 24.3 Å². The standard InChI is InChI=1S/C23H29BrN6O/c1-4-30(5-2)11-7-8-16(3)28-21-15-26-20(14-27-21)23(31)29-19-13-18(24)12-17-9-6-10-25-22(17)19/h6,9-10,12-16H,4-5,7-8,11H2,1-3H3,(H,27,28)(H,29,31). The third-order valence-electron chi connectivity index (χ3n) is 5.20. The summed E-state index contributed by atoms with van der Waals surface area (Å²) in [7, 11) is 0. The maximum atomic E-state index is 12.7. The van der Waals surface area contributed by atoms with Crippen molar-refractivity contribution in [2.24, 2.45) is 0 Å². The number of anilines is 2. The summed E-state index contributed by atoms with van der Waals surface area (Å²) in [6.45, 7) is 9.78. The molecule has 0 spiro atoms. The number of fused-ring (bicyclic) bond motifs is 1. The third kappa shape index (κ3) is 6.45. The molecule has 0 aliphatic carbocycles. The number of pyridine rings is 1. The fraction of sp³-hybridized carbons (Fsp3) is 0.391. The summed E-state index contributed by atoms with van der Waals surface area (Å²) < 4.78 is 0.865. The van der Waals surface area contributed by atoms with E-state index in [4.69, 9.17) is 0 Å². The molecule has 2 heterocycles. The Bertz CT molecular complexity index is 1010. The van der Waals surface area contributed by atoms with Crippen molar-refractivity contribution >= 4 is 44.2 Å². The first-order valence-corrected chi connectivity index (χ1v) is 11.5. The molecule has 0 radical (unpaired) electrons. The van der Waals surface area contributed by atoms with Crippen LogP contribution in [-0.4, -0.2) is 51.4 Å². The van der Waals surface area contributed by atoms with E-state index in [0.717, 1.165) is 47.9 Å². The molecule has 3 rings (SSSR count). The maximum Gasteiger partial charge on any atom is 0.275 e. The number of aromatic nitrogens is 3. The van der Waals surface area contributed by atoms with Crippen molar-refractivity contribution in [1.82, 2.24) is 19.9 Å². The second-order valence-corrected chi connectivity index (χ2v) is 8.40. The van der Waals surface area contributed by atoms with E-state index < -0.39 is 0 Å². The average Bonchev–Trinajstić information content (AvgIpc) is 2.77. The van der Waals surface area contributed by atoms with E-state index >= 15 is 0 Å². The van der Waals surface area contributed by atoms with Gasteiger partial charge in [-0.3, -0.25) is 9.78 Å². The number of hydrogen-bond acceptors (Lipinski definition) is 6. The lowest BCUT2D eigenvalue weighted by Crippen LogP contribution is -2.25. The van der Waals surface area contributed by atoms with E-state index in [0.29, 0.717) is 11.5 Å². The number of rotatable bonds is 10. The first-order valence-electron chi connectivity index (χ1n) is 10.7. The minimum Gasteiger partial charge on any atom is -0.366 e. The summed E-state index contributed by atoms with van der Waals surface area (Å²) in [5.41, 5.74) is 1.61. The Balaban J connectivity index is 1.58. The van der Waals surface area contributed by atoms with Crippen LogP contribution in [0, 0.1) is 0 Å². The van der Waals surface area contributed by atoms with Crippen molar-refractivity contribution in [2.75, 3.05) is 30.3 Å². The molecule has 1 amide bonds. The zero-order chi connectivity index (χ0) is 22.2. The van der Waals surface area contributed by atoms with Crippen molar-refractivity contribution in [2.45, 2.75) is 39.7 Å². The normalized spacial score (nSPS) is 12.2. The Kier molecular flexibility index (Phi) is 8.31. The van der Waals surface area contributed by atoms with Gasteiger partial charge in [0.1, 0.15) is 11.5 Å². The van der Waals surface area contributed by atoms with Gasteiger partial charge in [-0.1, -0.05) is 35.8 Å². The Morgan fingerprint density at radius 3 is 2.68 bits per heavy atom. The number of nitrogens with one attached hydrogen (secondary N) is 2. The van der Waals surface area contributed by atoms with Gasteiger partial charge in [-0.05, 0) is 57.6 Å². The Labute approximate surface area is 191 Å². The van der Waals surface area contributed by atoms with Crippen LogP contribution in [0.2, 0.25) is 0 Å². The maximum absolute atomic E-state index is 12.7. The Hall–Kier alpha value is -2.58. The first-order chi connectivity index (χ1) is 15.0. The predicted octanol–water partition coefficient (Wildman–Crippen LogP) is 4.96. The Morgan fingerprint density at radius 1 is 1.16 bits per heavy atom. The third-order valence-corrected chi connectivity index (χ3v) is 5.66. The van der Waals surface area contributed by atoms with Gasteiger partial charge in [0.25, 0.3) is 5.91 Å². The van der Waals surface area contributed by atoms with Crippen molar-refractivity contribution in [3.63, 3.8) is 0 Å². The monoisotopic (exact) mass is 484 g/mol. The molecule has 7 nitrogen and oxygen atoms in total. The van der Waals surface area contributed by atoms with Crippen LogP contribution in [-0.2, 0) is 0 Å². The van der Waals surface area contributed by atoms with E-state index in [1.165, 1.54) is 6.20 Å². The molecule has 164 valence electrons. The summed E-state index contributed by atoms with van der Waals surface area (Å²) in [6.07, 6.45) is 6.97. The van der Waals surface area contributed by atoms with Crippen molar-refractivity contribution < 1.29 is 4.79 Å². The number of carbonyl (C=O) groups excluding carboxylic acids is 1. The van der Waals surface area contributed by atoms with Gasteiger partial charge in [0.15, 0.2) is 0 Å². The van der Waals surface area contributed by atoms with Crippen LogP contribution < -0.4 is 10.6 Å². The number of amides is 1. The SMILES string of the molecule is CCN(CC)CCCC(C)Nc1cnc(C(=O)Nc2cc(Br)cc3cccnc23)cn1. The summed E-state index contributed by atoms with van der Waals surface area (Å²) in [5.74, 6) is 0.345. The van der Waals surface area contributed by atoms with Gasteiger partial charge in [-0.25, -0.2) is 9.97 Å². The lowest BCUT2D eigenvalue weighted by Gasteiger charge is -2.20. The van der Waals surface area contributed by atoms with E-state index in [9.17, 15) is 4.79 Å². The van der Waals surface area contributed by atoms with Crippen LogP contribution in [0.4, 0.5) is 11.5 Å². The molecule has 1 atom stereocenters. The molecule has 0 aliphatic rings. The van der Waals surface area contributed by atoms with Crippen molar-refractivity contribution in [1.29, 1.82) is 0 Å². The second-order valence-electron chi connectivity index (χ2n) is 7.48. The number of nitrogens with zero attached hydrogens (tertiary/aromatic N) is 4. The Morgan fingerprint density at radius 2 is 1.97 bits per heavy atom. The molecule has 0 fully saturated rings. The average molecular weight is 485 g/mol. The number of hydrogen-bond donors (Lipinski definition) is 2. The molecular weight excluding hydrogens is 456 g/mol. The quantitative estimate of drug-likeness (QED) is 0.422. The van der Waals surface area contributed by atoms with Gasteiger partial charge >= 0.3 is 0 Å². The van der Waals surface area contributed by atoms with Crippen LogP contribution in [0.25, 0.3) is 10.9 Å². The summed E-state index contributed by atoms with van der Waals surface area (Å²) in [5, 5.41) is 7.19. The first kappa shape index (κ1) is 23.1. The molecular formula is C23H29BrN6O. The zero-order valence-electron chi connectivity index (χ0n) is 18.2. The molecule has 1 unspecified atom stereocenters. The van der Waals surface area contributed by atoms with Crippen molar-refractivity contribution in [3.05, 3.63) is 53.0 Å². The minimum absolute atomic E-state index is 0.254. The molecule has 8 heteroatoms. The fourth-order valence-electron chi connectivity index (χ4n) is 3.44. The molecule has 0 saturated carbocycles. The van der Waals surface area contributed by atoms with Crippen LogP contribution in [0.1, 0.15) is 44.1 Å². The topological polar surface area (TPSA) is 83.0 Å². The van der Waals surface area contributed by atoms with Gasteiger partial charge in [-0.15, -0.1) is 0 Å². The highest BCUT2D eigenvalue weighted by atomic mass is 79.9. The van der Waals surface area contributed by atoms with Crippen LogP contribution in [0.15, 0.2) is 47.3 Å². The highest BCUT2D eigenvalue weighted by Gasteiger charge is 2.13. The van der Waals surface area contributed by atoms with Crippen LogP contribution in [0.5, 0.6) is 0 Å². The van der Waals surface area contributed by atoms with Crippen LogP contribution in [0.3, 0.4) is 0 Å². The molecule has 2 N–H and O–H groups in total. The van der Waals surface area contributed by atoms with Crippen molar-refractivity contribution in [3.8, 4) is 0 Å². The summed E-state index contributed by atoms with van der Waals surface area (Å²) in [4.78, 5) is 28.1. The second kappa shape index (κ2) is 11.2. The fourth-order valence-corrected chi connectivity index (χ4v) is 3.92. The van der Waals surface area contributed by atoms with Gasteiger partial charge < -0.3 is 15.5 Å². The highest BCUT2D eigenvalue weighted by molar-refractivity contribution is 9.10. The van der Waals surface area contributed by atoms with E-state index in [2.05, 4.69) is 67.2 Å². The van der Waals surface area contributed by atoms with Gasteiger partial charge in [-0.2, -0.15) is 0 Å². The minimum atomic E-state index is -0.323. The molecule has 0 aliphatic heterocycles. The van der Waals surface area contributed by atoms with E-state index in [1.54, 1.807) is 12.4 Å². The summed E-state index contributed by atoms with van der Waals surface area (Å²) in [6, 6.07) is 7.88. The molecule has 2 aromatic heterocycles. The van der Waals surface area contributed by atoms with Gasteiger partial charge in [0.2, 0.25) is 0 Å². The number of halogens is 1. The summed E-state index contributed by atoms with van der Waals surface area (Å²) >= 11 is 3.48. The lowest BCUT2D eigenvalue weighted by atomic mass is 10.1. The van der Waals surface area contributed by atoms with E-state index in [-0.39, 0.29) is 17.6 Å². The van der Waals surface area contributed by atoms with Crippen LogP contribution >= 0.6 is 15.9 Å². The predicted molar refractivity (Wildman–Crippen MR) is 130 cm³/mol. The largest absolute Gasteiger partial charge is 0.366 e. The highest BCUT2D eigenvalue weighted by Crippen LogP contribution is 2.26. The zero-order valence-corrected chi connectivity index (χ0v) is 19.8. The van der Waals surface area contributed by atoms with Gasteiger partial charge in [0.05, 0.1) is 23.6 Å². The molecule has 31 heavy (non-hydrogen) atoms. The number of carbonyl (C=O) groups is 1. The molecule has 0 saturated heterocycles. The molecule has 0 bridgehead atoms. The smallest absolute Gasteiger partial charge is 0.275 e.